The fraction of sp³-hybridized carbons (Fsp3) is 0.0909. The summed E-state index contributed by atoms with van der Waals surface area (Å²) >= 11 is 6.98. The number of aromatic nitrogens is 2. The molecule has 0 aliphatic carbocycles. The highest BCUT2D eigenvalue weighted by molar-refractivity contribution is 8.13. The van der Waals surface area contributed by atoms with E-state index >= 15 is 0 Å². The van der Waals surface area contributed by atoms with E-state index in [4.69, 9.17) is 33.0 Å². The highest BCUT2D eigenvalue weighted by Gasteiger charge is 2.10. The van der Waals surface area contributed by atoms with Crippen LogP contribution in [-0.4, -0.2) is 21.3 Å². The topological polar surface area (TPSA) is 127 Å². The van der Waals surface area contributed by atoms with E-state index in [1.165, 1.54) is 0 Å². The van der Waals surface area contributed by atoms with Gasteiger partial charge in [-0.1, -0.05) is 40.7 Å². The lowest BCUT2D eigenvalue weighted by molar-refractivity contribution is 0.392. The minimum atomic E-state index is -0.160. The number of benzene rings is 1. The average molecular weight is 311 g/mol. The summed E-state index contributed by atoms with van der Waals surface area (Å²) in [4.78, 5) is 7.79. The number of hydrogen-bond donors (Lipinski definition) is 3. The van der Waals surface area contributed by atoms with Crippen LogP contribution in [0.25, 0.3) is 11.4 Å². The first kappa shape index (κ1) is 14.4. The highest BCUT2D eigenvalue weighted by Crippen LogP contribution is 2.21. The Balaban J connectivity index is 2.03. The zero-order chi connectivity index (χ0) is 14.5. The zero-order valence-electron chi connectivity index (χ0n) is 10.2. The molecule has 9 heteroatoms. The lowest BCUT2D eigenvalue weighted by atomic mass is 10.2. The van der Waals surface area contributed by atoms with Gasteiger partial charge in [0.25, 0.3) is 0 Å². The van der Waals surface area contributed by atoms with Gasteiger partial charge in [0.2, 0.25) is 11.7 Å². The van der Waals surface area contributed by atoms with Crippen LogP contribution in [0, 0.1) is 5.41 Å². The van der Waals surface area contributed by atoms with Gasteiger partial charge >= 0.3 is 0 Å². The summed E-state index contributed by atoms with van der Waals surface area (Å²) in [6.07, 6.45) is 0. The van der Waals surface area contributed by atoms with Crippen LogP contribution in [0.4, 0.5) is 0 Å². The second-order valence-corrected chi connectivity index (χ2v) is 5.05. The van der Waals surface area contributed by atoms with Crippen molar-refractivity contribution < 1.29 is 4.52 Å². The maximum absolute atomic E-state index is 7.48. The molecule has 2 rings (SSSR count). The fourth-order valence-electron chi connectivity index (χ4n) is 1.34. The molecule has 0 unspecified atom stereocenters. The van der Waals surface area contributed by atoms with Crippen LogP contribution in [-0.2, 0) is 5.75 Å². The van der Waals surface area contributed by atoms with Crippen molar-refractivity contribution in [3.8, 4) is 11.4 Å². The van der Waals surface area contributed by atoms with Crippen molar-refractivity contribution in [3.63, 3.8) is 0 Å². The lowest BCUT2D eigenvalue weighted by Crippen LogP contribution is -2.23. The normalized spacial score (nSPS) is 10.2. The number of nitrogens with two attached hydrogens (primary N) is 2. The van der Waals surface area contributed by atoms with Gasteiger partial charge in [0, 0.05) is 10.6 Å². The number of halogens is 1. The first-order valence-electron chi connectivity index (χ1n) is 5.44. The van der Waals surface area contributed by atoms with Gasteiger partial charge in [0.05, 0.1) is 5.75 Å². The van der Waals surface area contributed by atoms with Gasteiger partial charge in [0.1, 0.15) is 0 Å². The Morgan fingerprint density at radius 1 is 1.45 bits per heavy atom. The summed E-state index contributed by atoms with van der Waals surface area (Å²) in [5.74, 6) is 0.966. The summed E-state index contributed by atoms with van der Waals surface area (Å²) in [6.45, 7) is 0. The maximum Gasteiger partial charge on any atom is 0.237 e. The predicted octanol–water partition coefficient (Wildman–Crippen LogP) is 1.83. The third-order valence-corrected chi connectivity index (χ3v) is 3.11. The van der Waals surface area contributed by atoms with E-state index in [1.807, 2.05) is 6.07 Å². The van der Waals surface area contributed by atoms with Crippen LogP contribution in [0.3, 0.4) is 0 Å². The van der Waals surface area contributed by atoms with Crippen LogP contribution < -0.4 is 11.5 Å². The number of hydrogen-bond acceptors (Lipinski definition) is 5. The van der Waals surface area contributed by atoms with Gasteiger partial charge in [-0.05, 0) is 12.1 Å². The lowest BCUT2D eigenvalue weighted by Gasteiger charge is -1.95. The summed E-state index contributed by atoms with van der Waals surface area (Å²) in [5, 5.41) is 11.9. The van der Waals surface area contributed by atoms with Crippen molar-refractivity contribution in [1.82, 2.24) is 10.1 Å². The summed E-state index contributed by atoms with van der Waals surface area (Å²) in [6, 6.07) is 7.13. The van der Waals surface area contributed by atoms with Crippen molar-refractivity contribution in [2.45, 2.75) is 5.75 Å². The minimum absolute atomic E-state index is 0.0208. The Labute approximate surface area is 123 Å². The molecule has 0 amide bonds. The number of nitrogens with one attached hydrogen (secondary N) is 1. The number of guanidine groups is 1. The number of aliphatic imine (C=N–C) groups is 1. The smallest absolute Gasteiger partial charge is 0.237 e. The van der Waals surface area contributed by atoms with Crippen molar-refractivity contribution in [1.29, 1.82) is 5.41 Å². The molecule has 5 N–H and O–H groups in total. The molecule has 104 valence electrons. The van der Waals surface area contributed by atoms with Gasteiger partial charge in [-0.2, -0.15) is 9.98 Å². The standard InChI is InChI=1S/C11H11ClN6OS/c12-7-3-1-2-6(4-7)9-16-8(19-18-9)5-20-11(15)17-10(13)14/h1-4H,5H2,(H5,13,14,15,17). The van der Waals surface area contributed by atoms with Gasteiger partial charge in [0.15, 0.2) is 11.1 Å². The molecule has 0 aliphatic heterocycles. The molecule has 0 radical (unpaired) electrons. The van der Waals surface area contributed by atoms with Crippen LogP contribution >= 0.6 is 23.4 Å². The van der Waals surface area contributed by atoms with Crippen LogP contribution in [0.2, 0.25) is 5.02 Å². The molecule has 1 aromatic heterocycles. The van der Waals surface area contributed by atoms with E-state index < -0.39 is 0 Å². The quantitative estimate of drug-likeness (QED) is 0.586. The molecular weight excluding hydrogens is 300 g/mol. The number of rotatable bonds is 3. The molecule has 0 spiro atoms. The summed E-state index contributed by atoms with van der Waals surface area (Å²) in [5.41, 5.74) is 11.1. The second kappa shape index (κ2) is 6.40. The highest BCUT2D eigenvalue weighted by atomic mass is 35.5. The van der Waals surface area contributed by atoms with Gasteiger partial charge < -0.3 is 16.0 Å². The van der Waals surface area contributed by atoms with Gasteiger partial charge in [-0.25, -0.2) is 0 Å². The molecule has 0 fully saturated rings. The predicted molar refractivity (Wildman–Crippen MR) is 79.6 cm³/mol. The third kappa shape index (κ3) is 3.97. The Hall–Kier alpha value is -2.06. The number of thioether (sulfide) groups is 1. The first-order valence-corrected chi connectivity index (χ1v) is 6.80. The third-order valence-electron chi connectivity index (χ3n) is 2.11. The molecule has 0 atom stereocenters. The van der Waals surface area contributed by atoms with Crippen LogP contribution in [0.15, 0.2) is 33.8 Å². The monoisotopic (exact) mass is 310 g/mol. The first-order chi connectivity index (χ1) is 9.54. The van der Waals surface area contributed by atoms with Crippen molar-refractivity contribution >= 4 is 34.5 Å². The molecule has 0 aliphatic rings. The van der Waals surface area contributed by atoms with Gasteiger partial charge in [-0.3, -0.25) is 5.41 Å². The Bertz CT molecular complexity index is 652. The summed E-state index contributed by atoms with van der Waals surface area (Å²) < 4.78 is 5.08. The molecule has 1 aromatic carbocycles. The Morgan fingerprint density at radius 3 is 2.95 bits per heavy atom. The number of nitrogens with zero attached hydrogens (tertiary/aromatic N) is 3. The van der Waals surface area contributed by atoms with E-state index in [-0.39, 0.29) is 11.1 Å². The Morgan fingerprint density at radius 2 is 2.25 bits per heavy atom. The number of amidine groups is 1. The molecule has 0 bridgehead atoms. The largest absolute Gasteiger partial charge is 0.370 e. The molecule has 20 heavy (non-hydrogen) atoms. The second-order valence-electron chi connectivity index (χ2n) is 3.65. The van der Waals surface area contributed by atoms with Crippen LogP contribution in [0.5, 0.6) is 0 Å². The SMILES string of the molecule is N=C(N=C(N)N)SCc1nc(-c2cccc(Cl)c2)no1. The molecule has 2 aromatic rings. The molecule has 1 heterocycles. The van der Waals surface area contributed by atoms with E-state index in [9.17, 15) is 0 Å². The molecule has 0 saturated carbocycles. The fourth-order valence-corrected chi connectivity index (χ4v) is 2.08. The molecule has 7 nitrogen and oxygen atoms in total. The van der Waals surface area contributed by atoms with E-state index in [0.717, 1.165) is 17.3 Å². The van der Waals surface area contributed by atoms with E-state index in [0.29, 0.717) is 22.5 Å². The molecule has 0 saturated heterocycles. The summed E-state index contributed by atoms with van der Waals surface area (Å²) in [7, 11) is 0. The zero-order valence-corrected chi connectivity index (χ0v) is 11.8. The Kier molecular flexibility index (Phi) is 4.59. The minimum Gasteiger partial charge on any atom is -0.370 e. The van der Waals surface area contributed by atoms with Crippen molar-refractivity contribution in [2.24, 2.45) is 16.5 Å². The average Bonchev–Trinajstić information content (AvgIpc) is 2.84. The molecular formula is C11H11ClN6OS. The van der Waals surface area contributed by atoms with Crippen molar-refractivity contribution in [3.05, 3.63) is 35.2 Å². The maximum atomic E-state index is 7.48. The van der Waals surface area contributed by atoms with Crippen LogP contribution in [0.1, 0.15) is 5.89 Å². The van der Waals surface area contributed by atoms with Gasteiger partial charge in [-0.15, -0.1) is 0 Å². The van der Waals surface area contributed by atoms with E-state index in [1.54, 1.807) is 18.2 Å². The van der Waals surface area contributed by atoms with Crippen molar-refractivity contribution in [2.75, 3.05) is 0 Å². The van der Waals surface area contributed by atoms with E-state index in [2.05, 4.69) is 15.1 Å².